The smallest absolute Gasteiger partial charge is 0.280 e. The predicted molar refractivity (Wildman–Crippen MR) is 128 cm³/mol. The average molecular weight is 465 g/mol. The second-order valence-corrected chi connectivity index (χ2v) is 7.75. The Hall–Kier alpha value is -3.64. The van der Waals surface area contributed by atoms with Gasteiger partial charge in [0.1, 0.15) is 12.4 Å². The van der Waals surface area contributed by atoms with Crippen LogP contribution in [0.2, 0.25) is 5.02 Å². The number of carbonyl (C=O) groups excluding carboxylic acids is 1. The highest BCUT2D eigenvalue weighted by molar-refractivity contribution is 6.33. The van der Waals surface area contributed by atoms with Crippen molar-refractivity contribution in [2.45, 2.75) is 20.5 Å². The number of para-hydroxylation sites is 1. The van der Waals surface area contributed by atoms with E-state index in [1.165, 1.54) is 11.1 Å². The third-order valence-electron chi connectivity index (χ3n) is 5.04. The molecular weight excluding hydrogens is 443 g/mol. The summed E-state index contributed by atoms with van der Waals surface area (Å²) in [5, 5.41) is 6.06. The molecule has 0 fully saturated rings. The Labute approximate surface area is 196 Å². The van der Waals surface area contributed by atoms with Crippen molar-refractivity contribution >= 4 is 35.0 Å². The second-order valence-electron chi connectivity index (χ2n) is 7.34. The Morgan fingerprint density at radius 2 is 1.79 bits per heavy atom. The molecule has 3 aromatic rings. The van der Waals surface area contributed by atoms with Crippen molar-refractivity contribution in [2.24, 2.45) is 5.10 Å². The second kappa shape index (κ2) is 9.88. The molecule has 168 valence electrons. The van der Waals surface area contributed by atoms with E-state index in [2.05, 4.69) is 5.10 Å². The predicted octanol–water partition coefficient (Wildman–Crippen LogP) is 6.26. The first-order valence-electron chi connectivity index (χ1n) is 10.5. The van der Waals surface area contributed by atoms with Crippen LogP contribution in [0.1, 0.15) is 25.0 Å². The van der Waals surface area contributed by atoms with Crippen LogP contribution in [0.3, 0.4) is 0 Å². The molecule has 0 bridgehead atoms. The molecule has 0 radical (unpaired) electrons. The molecule has 3 aromatic carbocycles. The van der Waals surface area contributed by atoms with Crippen LogP contribution in [-0.2, 0) is 11.4 Å². The topological polar surface area (TPSA) is 51.1 Å². The third kappa shape index (κ3) is 4.91. The zero-order valence-electron chi connectivity index (χ0n) is 18.2. The summed E-state index contributed by atoms with van der Waals surface area (Å²) in [5.41, 5.74) is 2.81. The van der Waals surface area contributed by atoms with Gasteiger partial charge in [0.15, 0.2) is 11.5 Å². The normalized spacial score (nSPS) is 14.5. The number of anilines is 1. The Balaban J connectivity index is 1.62. The van der Waals surface area contributed by atoms with Crippen molar-refractivity contribution in [3.8, 4) is 11.5 Å². The van der Waals surface area contributed by atoms with Gasteiger partial charge in [-0.15, -0.1) is 0 Å². The molecule has 1 amide bonds. The van der Waals surface area contributed by atoms with Gasteiger partial charge in [-0.2, -0.15) is 10.1 Å². The molecule has 0 N–H and O–H groups in total. The van der Waals surface area contributed by atoms with Crippen molar-refractivity contribution in [3.63, 3.8) is 0 Å². The number of hydrogen-bond donors (Lipinski definition) is 0. The van der Waals surface area contributed by atoms with Crippen LogP contribution in [0, 0.1) is 5.82 Å². The van der Waals surface area contributed by atoms with Crippen LogP contribution < -0.4 is 14.5 Å². The van der Waals surface area contributed by atoms with Gasteiger partial charge in [-0.1, -0.05) is 48.0 Å². The highest BCUT2D eigenvalue weighted by atomic mass is 35.5. The van der Waals surface area contributed by atoms with Crippen molar-refractivity contribution in [3.05, 3.63) is 94.3 Å². The van der Waals surface area contributed by atoms with Gasteiger partial charge in [0.25, 0.3) is 5.91 Å². The minimum Gasteiger partial charge on any atom is -0.490 e. The number of hydrazone groups is 1. The maximum atomic E-state index is 14.0. The van der Waals surface area contributed by atoms with E-state index in [4.69, 9.17) is 21.1 Å². The largest absolute Gasteiger partial charge is 0.490 e. The summed E-state index contributed by atoms with van der Waals surface area (Å²) in [6.45, 7) is 4.01. The van der Waals surface area contributed by atoms with E-state index in [0.717, 1.165) is 0 Å². The lowest BCUT2D eigenvalue weighted by atomic mass is 10.1. The van der Waals surface area contributed by atoms with E-state index in [1.54, 1.807) is 43.3 Å². The molecule has 1 aliphatic rings. The van der Waals surface area contributed by atoms with Crippen LogP contribution >= 0.6 is 11.6 Å². The summed E-state index contributed by atoms with van der Waals surface area (Å²) in [7, 11) is 0. The summed E-state index contributed by atoms with van der Waals surface area (Å²) in [6, 6.07) is 19.0. The van der Waals surface area contributed by atoms with Crippen molar-refractivity contribution in [1.29, 1.82) is 0 Å². The van der Waals surface area contributed by atoms with E-state index >= 15 is 0 Å². The van der Waals surface area contributed by atoms with Gasteiger partial charge >= 0.3 is 0 Å². The fraction of sp³-hybridized carbons (Fsp3) is 0.154. The number of rotatable bonds is 7. The summed E-state index contributed by atoms with van der Waals surface area (Å²) in [5.74, 6) is 0.143. The molecule has 1 aliphatic heterocycles. The van der Waals surface area contributed by atoms with Gasteiger partial charge in [0.05, 0.1) is 28.6 Å². The molecule has 0 saturated carbocycles. The first kappa shape index (κ1) is 22.6. The SMILES string of the molecule is CCOc1cc(C=C2C(=O)N(c3ccccc3)N=C2C)cc(Cl)c1OCc1ccccc1F. The zero-order chi connectivity index (χ0) is 23.4. The molecule has 0 aromatic heterocycles. The van der Waals surface area contributed by atoms with Crippen molar-refractivity contribution in [1.82, 2.24) is 0 Å². The molecule has 0 unspecified atom stereocenters. The van der Waals surface area contributed by atoms with E-state index in [1.807, 2.05) is 37.3 Å². The van der Waals surface area contributed by atoms with E-state index in [-0.39, 0.29) is 18.3 Å². The number of hydrogen-bond acceptors (Lipinski definition) is 4. The summed E-state index contributed by atoms with van der Waals surface area (Å²) in [6.07, 6.45) is 1.72. The molecule has 7 heteroatoms. The number of halogens is 2. The highest BCUT2D eigenvalue weighted by Gasteiger charge is 2.28. The Morgan fingerprint density at radius 1 is 1.06 bits per heavy atom. The summed E-state index contributed by atoms with van der Waals surface area (Å²) < 4.78 is 25.5. The van der Waals surface area contributed by atoms with Crippen molar-refractivity contribution < 1.29 is 18.7 Å². The molecular formula is C26H22ClFN2O3. The van der Waals surface area contributed by atoms with Crippen LogP contribution in [0.5, 0.6) is 11.5 Å². The minimum atomic E-state index is -0.356. The monoisotopic (exact) mass is 464 g/mol. The lowest BCUT2D eigenvalue weighted by Gasteiger charge is -2.15. The number of amides is 1. The number of benzene rings is 3. The van der Waals surface area contributed by atoms with Gasteiger partial charge in [-0.05, 0) is 55.8 Å². The maximum Gasteiger partial charge on any atom is 0.280 e. The van der Waals surface area contributed by atoms with Gasteiger partial charge < -0.3 is 9.47 Å². The van der Waals surface area contributed by atoms with Crippen LogP contribution in [0.25, 0.3) is 6.08 Å². The molecule has 0 spiro atoms. The molecule has 33 heavy (non-hydrogen) atoms. The van der Waals surface area contributed by atoms with Gasteiger partial charge in [0, 0.05) is 5.56 Å². The van der Waals surface area contributed by atoms with Gasteiger partial charge in [-0.3, -0.25) is 4.79 Å². The number of nitrogens with zero attached hydrogens (tertiary/aromatic N) is 2. The Morgan fingerprint density at radius 3 is 2.52 bits per heavy atom. The standard InChI is InChI=1S/C26H22ClFN2O3/c1-3-32-24-15-18(14-22(27)25(24)33-16-19-9-7-8-12-23(19)28)13-21-17(2)29-30(26(21)31)20-10-5-4-6-11-20/h4-15H,3,16H2,1-2H3. The first-order chi connectivity index (χ1) is 16.0. The molecule has 4 rings (SSSR count). The summed E-state index contributed by atoms with van der Waals surface area (Å²) in [4.78, 5) is 13.0. The third-order valence-corrected chi connectivity index (χ3v) is 5.32. The Bertz CT molecular complexity index is 1240. The van der Waals surface area contributed by atoms with Crippen molar-refractivity contribution in [2.75, 3.05) is 11.6 Å². The molecule has 5 nitrogen and oxygen atoms in total. The Kier molecular flexibility index (Phi) is 6.75. The molecule has 1 heterocycles. The fourth-order valence-corrected chi connectivity index (χ4v) is 3.71. The molecule has 0 saturated heterocycles. The first-order valence-corrected chi connectivity index (χ1v) is 10.8. The van der Waals surface area contributed by atoms with E-state index < -0.39 is 0 Å². The lowest BCUT2D eigenvalue weighted by Crippen LogP contribution is -2.21. The zero-order valence-corrected chi connectivity index (χ0v) is 19.0. The van der Waals surface area contributed by atoms with Gasteiger partial charge in [0.2, 0.25) is 0 Å². The number of carbonyl (C=O) groups is 1. The van der Waals surface area contributed by atoms with E-state index in [0.29, 0.717) is 51.2 Å². The lowest BCUT2D eigenvalue weighted by molar-refractivity contribution is -0.114. The molecule has 0 atom stereocenters. The fourth-order valence-electron chi connectivity index (χ4n) is 3.43. The minimum absolute atomic E-state index is 0.00317. The average Bonchev–Trinajstić information content (AvgIpc) is 3.09. The van der Waals surface area contributed by atoms with E-state index in [9.17, 15) is 9.18 Å². The van der Waals surface area contributed by atoms with Crippen LogP contribution in [-0.4, -0.2) is 18.2 Å². The van der Waals surface area contributed by atoms with Gasteiger partial charge in [-0.25, -0.2) is 4.39 Å². The van der Waals surface area contributed by atoms with Crippen LogP contribution in [0.4, 0.5) is 10.1 Å². The quantitative estimate of drug-likeness (QED) is 0.387. The van der Waals surface area contributed by atoms with Crippen LogP contribution in [0.15, 0.2) is 77.4 Å². The number of ether oxygens (including phenoxy) is 2. The maximum absolute atomic E-state index is 14.0. The molecule has 0 aliphatic carbocycles. The summed E-state index contributed by atoms with van der Waals surface area (Å²) >= 11 is 6.51. The highest BCUT2D eigenvalue weighted by Crippen LogP contribution is 2.38.